The van der Waals surface area contributed by atoms with Crippen LogP contribution in [0.5, 0.6) is 0 Å². The van der Waals surface area contributed by atoms with Crippen LogP contribution in [0, 0.1) is 13.8 Å². The number of para-hydroxylation sites is 1. The van der Waals surface area contributed by atoms with E-state index in [2.05, 4.69) is 33.8 Å². The largest absolute Gasteiger partial charge is 0.361 e. The summed E-state index contributed by atoms with van der Waals surface area (Å²) in [4.78, 5) is 15.3. The second-order valence-electron chi connectivity index (χ2n) is 6.21. The Labute approximate surface area is 142 Å². The summed E-state index contributed by atoms with van der Waals surface area (Å²) in [6, 6.07) is 14.3. The summed E-state index contributed by atoms with van der Waals surface area (Å²) in [5, 5.41) is 7.40. The van der Waals surface area contributed by atoms with Gasteiger partial charge in [0.25, 0.3) is 0 Å². The highest BCUT2D eigenvalue weighted by Gasteiger charge is 2.05. The SMILES string of the molecule is Cc1cc(C)cc(NC(=O)CNCCc2c[nH]c3ccccc23)c1. The zero-order valence-electron chi connectivity index (χ0n) is 14.1. The van der Waals surface area contributed by atoms with Gasteiger partial charge >= 0.3 is 0 Å². The number of aromatic amines is 1. The van der Waals surface area contributed by atoms with Crippen LogP contribution in [0.4, 0.5) is 5.69 Å². The first-order valence-electron chi connectivity index (χ1n) is 8.26. The van der Waals surface area contributed by atoms with Gasteiger partial charge in [-0.05, 0) is 61.7 Å². The summed E-state index contributed by atoms with van der Waals surface area (Å²) < 4.78 is 0. The van der Waals surface area contributed by atoms with Crippen LogP contribution in [-0.4, -0.2) is 24.0 Å². The van der Waals surface area contributed by atoms with Crippen molar-refractivity contribution in [1.29, 1.82) is 0 Å². The Balaban J connectivity index is 1.47. The summed E-state index contributed by atoms with van der Waals surface area (Å²) in [7, 11) is 0. The van der Waals surface area contributed by atoms with Crippen LogP contribution in [0.25, 0.3) is 10.9 Å². The van der Waals surface area contributed by atoms with E-state index in [0.29, 0.717) is 6.54 Å². The number of hydrogen-bond donors (Lipinski definition) is 3. The molecule has 0 aliphatic rings. The number of aryl methyl sites for hydroxylation is 2. The number of hydrogen-bond acceptors (Lipinski definition) is 2. The predicted molar refractivity (Wildman–Crippen MR) is 99.4 cm³/mol. The summed E-state index contributed by atoms with van der Waals surface area (Å²) in [6.45, 7) is 5.14. The molecular weight excluding hydrogens is 298 g/mol. The van der Waals surface area contributed by atoms with Gasteiger partial charge in [0.2, 0.25) is 5.91 Å². The zero-order chi connectivity index (χ0) is 16.9. The van der Waals surface area contributed by atoms with Crippen LogP contribution >= 0.6 is 0 Å². The van der Waals surface area contributed by atoms with Crippen molar-refractivity contribution in [2.45, 2.75) is 20.3 Å². The summed E-state index contributed by atoms with van der Waals surface area (Å²) >= 11 is 0. The lowest BCUT2D eigenvalue weighted by atomic mass is 10.1. The number of aromatic nitrogens is 1. The summed E-state index contributed by atoms with van der Waals surface area (Å²) in [5.41, 5.74) is 5.58. The number of carbonyl (C=O) groups is 1. The molecule has 0 aliphatic heterocycles. The Morgan fingerprint density at radius 1 is 1.08 bits per heavy atom. The Bertz CT molecular complexity index is 831. The molecule has 0 saturated carbocycles. The van der Waals surface area contributed by atoms with E-state index in [1.54, 1.807) is 0 Å². The molecule has 0 atom stereocenters. The first-order chi connectivity index (χ1) is 11.6. The van der Waals surface area contributed by atoms with Crippen molar-refractivity contribution in [2.75, 3.05) is 18.4 Å². The molecule has 24 heavy (non-hydrogen) atoms. The number of rotatable bonds is 6. The number of carbonyl (C=O) groups excluding carboxylic acids is 1. The Hall–Kier alpha value is -2.59. The van der Waals surface area contributed by atoms with Gasteiger partial charge in [-0.25, -0.2) is 0 Å². The van der Waals surface area contributed by atoms with Crippen molar-refractivity contribution in [3.05, 3.63) is 65.4 Å². The molecule has 124 valence electrons. The quantitative estimate of drug-likeness (QED) is 0.608. The fourth-order valence-corrected chi connectivity index (χ4v) is 3.02. The third-order valence-electron chi connectivity index (χ3n) is 4.04. The van der Waals surface area contributed by atoms with Crippen molar-refractivity contribution >= 4 is 22.5 Å². The van der Waals surface area contributed by atoms with Gasteiger partial charge in [0.15, 0.2) is 0 Å². The highest BCUT2D eigenvalue weighted by Crippen LogP contribution is 2.17. The molecule has 1 heterocycles. The van der Waals surface area contributed by atoms with Gasteiger partial charge in [-0.2, -0.15) is 0 Å². The first kappa shape index (κ1) is 16.3. The fourth-order valence-electron chi connectivity index (χ4n) is 3.02. The smallest absolute Gasteiger partial charge is 0.238 e. The number of nitrogens with one attached hydrogen (secondary N) is 3. The number of benzene rings is 2. The molecule has 4 heteroatoms. The van der Waals surface area contributed by atoms with Crippen molar-refractivity contribution in [3.63, 3.8) is 0 Å². The summed E-state index contributed by atoms with van der Waals surface area (Å²) in [6.07, 6.45) is 2.93. The van der Waals surface area contributed by atoms with Crippen LogP contribution in [0.1, 0.15) is 16.7 Å². The lowest BCUT2D eigenvalue weighted by molar-refractivity contribution is -0.115. The number of H-pyrrole nitrogens is 1. The topological polar surface area (TPSA) is 56.9 Å². The molecule has 3 aromatic rings. The minimum Gasteiger partial charge on any atom is -0.361 e. The number of anilines is 1. The van der Waals surface area contributed by atoms with E-state index in [9.17, 15) is 4.79 Å². The summed E-state index contributed by atoms with van der Waals surface area (Å²) in [5.74, 6) is -0.0149. The Kier molecular flexibility index (Phi) is 4.96. The Morgan fingerprint density at radius 3 is 2.62 bits per heavy atom. The molecule has 3 rings (SSSR count). The minimum atomic E-state index is -0.0149. The third-order valence-corrected chi connectivity index (χ3v) is 4.04. The van der Waals surface area contributed by atoms with Crippen LogP contribution in [-0.2, 0) is 11.2 Å². The van der Waals surface area contributed by atoms with Crippen LogP contribution < -0.4 is 10.6 Å². The van der Waals surface area contributed by atoms with Gasteiger partial charge in [0.1, 0.15) is 0 Å². The molecule has 0 radical (unpaired) electrons. The van der Waals surface area contributed by atoms with E-state index < -0.39 is 0 Å². The van der Waals surface area contributed by atoms with Gasteiger partial charge in [0.05, 0.1) is 6.54 Å². The molecule has 1 aromatic heterocycles. The van der Waals surface area contributed by atoms with E-state index in [1.165, 1.54) is 10.9 Å². The van der Waals surface area contributed by atoms with E-state index in [-0.39, 0.29) is 5.91 Å². The monoisotopic (exact) mass is 321 g/mol. The maximum Gasteiger partial charge on any atom is 0.238 e. The van der Waals surface area contributed by atoms with Gasteiger partial charge < -0.3 is 15.6 Å². The lowest BCUT2D eigenvalue weighted by Crippen LogP contribution is -2.29. The van der Waals surface area contributed by atoms with E-state index in [4.69, 9.17) is 0 Å². The molecular formula is C20H23N3O. The minimum absolute atomic E-state index is 0.0149. The van der Waals surface area contributed by atoms with Crippen LogP contribution in [0.15, 0.2) is 48.7 Å². The van der Waals surface area contributed by atoms with Gasteiger partial charge in [-0.3, -0.25) is 4.79 Å². The second kappa shape index (κ2) is 7.32. The van der Waals surface area contributed by atoms with Gasteiger partial charge in [-0.15, -0.1) is 0 Å². The normalized spacial score (nSPS) is 10.9. The molecule has 2 aromatic carbocycles. The molecule has 4 nitrogen and oxygen atoms in total. The zero-order valence-corrected chi connectivity index (χ0v) is 14.1. The predicted octanol–water partition coefficient (Wildman–Crippen LogP) is 3.56. The average molecular weight is 321 g/mol. The van der Waals surface area contributed by atoms with Gasteiger partial charge in [-0.1, -0.05) is 24.3 Å². The van der Waals surface area contributed by atoms with E-state index in [1.807, 2.05) is 44.3 Å². The standard InChI is InChI=1S/C20H23N3O/c1-14-9-15(2)11-17(10-14)23-20(24)13-21-8-7-16-12-22-19-6-4-3-5-18(16)19/h3-6,9-12,21-22H,7-8,13H2,1-2H3,(H,23,24). The van der Waals surface area contributed by atoms with Crippen molar-refractivity contribution in [3.8, 4) is 0 Å². The van der Waals surface area contributed by atoms with Crippen molar-refractivity contribution in [2.24, 2.45) is 0 Å². The first-order valence-corrected chi connectivity index (χ1v) is 8.26. The molecule has 0 fully saturated rings. The van der Waals surface area contributed by atoms with Crippen molar-refractivity contribution in [1.82, 2.24) is 10.3 Å². The number of fused-ring (bicyclic) bond motifs is 1. The van der Waals surface area contributed by atoms with Gasteiger partial charge in [0, 0.05) is 22.8 Å². The lowest BCUT2D eigenvalue weighted by Gasteiger charge is -2.08. The molecule has 3 N–H and O–H groups in total. The van der Waals surface area contributed by atoms with Crippen molar-refractivity contribution < 1.29 is 4.79 Å². The fraction of sp³-hybridized carbons (Fsp3) is 0.250. The van der Waals surface area contributed by atoms with Crippen LogP contribution in [0.2, 0.25) is 0 Å². The van der Waals surface area contributed by atoms with Crippen LogP contribution in [0.3, 0.4) is 0 Å². The molecule has 0 spiro atoms. The maximum absolute atomic E-state index is 12.0. The Morgan fingerprint density at radius 2 is 1.83 bits per heavy atom. The third kappa shape index (κ3) is 4.03. The molecule has 0 saturated heterocycles. The maximum atomic E-state index is 12.0. The second-order valence-corrected chi connectivity index (χ2v) is 6.21. The highest BCUT2D eigenvalue weighted by molar-refractivity contribution is 5.92. The molecule has 0 aliphatic carbocycles. The molecule has 0 bridgehead atoms. The molecule has 1 amide bonds. The highest BCUT2D eigenvalue weighted by atomic mass is 16.1. The molecule has 0 unspecified atom stereocenters. The van der Waals surface area contributed by atoms with E-state index >= 15 is 0 Å². The average Bonchev–Trinajstić information content (AvgIpc) is 2.94. The number of amides is 1. The van der Waals surface area contributed by atoms with E-state index in [0.717, 1.165) is 35.3 Å².